The summed E-state index contributed by atoms with van der Waals surface area (Å²) in [6.07, 6.45) is 6.62. The molecule has 1 heterocycles. The predicted molar refractivity (Wildman–Crippen MR) is 73.3 cm³/mol. The molecule has 0 saturated heterocycles. The number of rotatable bonds is 3. The van der Waals surface area contributed by atoms with Crippen molar-refractivity contribution in [2.45, 2.75) is 39.0 Å². The summed E-state index contributed by atoms with van der Waals surface area (Å²) in [5, 5.41) is 3.81. The van der Waals surface area contributed by atoms with Crippen molar-refractivity contribution in [3.05, 3.63) is 17.3 Å². The number of anilines is 2. The number of halogens is 1. The van der Waals surface area contributed by atoms with Crippen molar-refractivity contribution in [3.8, 4) is 0 Å². The minimum absolute atomic E-state index is 0.386. The Balaban J connectivity index is 1.96. The number of nitrogens with zero attached hydrogens (tertiary/aromatic N) is 1. The molecular formula is C13H20ClN3. The van der Waals surface area contributed by atoms with Crippen molar-refractivity contribution in [2.24, 2.45) is 5.41 Å². The topological polar surface area (TPSA) is 50.9 Å². The summed E-state index contributed by atoms with van der Waals surface area (Å²) in [5.74, 6) is 0.779. The van der Waals surface area contributed by atoms with Gasteiger partial charge in [0.05, 0.1) is 0 Å². The highest BCUT2D eigenvalue weighted by molar-refractivity contribution is 6.29. The van der Waals surface area contributed by atoms with Gasteiger partial charge in [-0.15, -0.1) is 0 Å². The summed E-state index contributed by atoms with van der Waals surface area (Å²) in [6.45, 7) is 3.28. The molecule has 0 radical (unpaired) electrons. The van der Waals surface area contributed by atoms with Gasteiger partial charge in [0.25, 0.3) is 0 Å². The Hall–Kier alpha value is -0.960. The fourth-order valence-electron chi connectivity index (χ4n) is 2.49. The molecule has 1 aromatic rings. The van der Waals surface area contributed by atoms with Crippen molar-refractivity contribution in [2.75, 3.05) is 17.6 Å². The standard InChI is InChI=1S/C13H20ClN3/c1-13(5-3-2-4-6-13)9-16-12-8-10(15)7-11(14)17-12/h7-8H,2-6,9H2,1H3,(H3,15,16,17). The van der Waals surface area contributed by atoms with E-state index >= 15 is 0 Å². The summed E-state index contributed by atoms with van der Waals surface area (Å²) in [6, 6.07) is 3.49. The number of hydrogen-bond donors (Lipinski definition) is 2. The molecule has 1 aliphatic rings. The van der Waals surface area contributed by atoms with Crippen LogP contribution in [0.25, 0.3) is 0 Å². The Labute approximate surface area is 108 Å². The largest absolute Gasteiger partial charge is 0.399 e. The Morgan fingerprint density at radius 1 is 1.35 bits per heavy atom. The minimum Gasteiger partial charge on any atom is -0.399 e. The smallest absolute Gasteiger partial charge is 0.133 e. The van der Waals surface area contributed by atoms with Crippen molar-refractivity contribution >= 4 is 23.1 Å². The number of nitrogens with one attached hydrogen (secondary N) is 1. The quantitative estimate of drug-likeness (QED) is 0.808. The highest BCUT2D eigenvalue weighted by atomic mass is 35.5. The average Bonchev–Trinajstić information content (AvgIpc) is 2.26. The highest BCUT2D eigenvalue weighted by Crippen LogP contribution is 2.35. The predicted octanol–water partition coefficient (Wildman–Crippen LogP) is 3.70. The zero-order valence-corrected chi connectivity index (χ0v) is 11.1. The van der Waals surface area contributed by atoms with Gasteiger partial charge in [0, 0.05) is 18.3 Å². The van der Waals surface area contributed by atoms with Crippen LogP contribution in [0.4, 0.5) is 11.5 Å². The summed E-state index contributed by atoms with van der Waals surface area (Å²) < 4.78 is 0. The number of nitrogen functional groups attached to an aromatic ring is 1. The Bertz CT molecular complexity index is 366. The van der Waals surface area contributed by atoms with Crippen LogP contribution in [0, 0.1) is 5.41 Å². The first kappa shape index (κ1) is 12.5. The molecule has 3 nitrogen and oxygen atoms in total. The molecule has 1 saturated carbocycles. The van der Waals surface area contributed by atoms with Gasteiger partial charge >= 0.3 is 0 Å². The molecule has 0 atom stereocenters. The van der Waals surface area contributed by atoms with E-state index in [-0.39, 0.29) is 0 Å². The molecule has 1 aliphatic carbocycles. The third kappa shape index (κ3) is 3.50. The Kier molecular flexibility index (Phi) is 3.77. The van der Waals surface area contributed by atoms with Crippen molar-refractivity contribution in [1.29, 1.82) is 0 Å². The molecule has 0 bridgehead atoms. The molecule has 94 valence electrons. The molecular weight excluding hydrogens is 234 g/mol. The third-order valence-electron chi connectivity index (χ3n) is 3.57. The van der Waals surface area contributed by atoms with Crippen LogP contribution in [0.3, 0.4) is 0 Å². The van der Waals surface area contributed by atoms with Crippen molar-refractivity contribution in [3.63, 3.8) is 0 Å². The van der Waals surface area contributed by atoms with Gasteiger partial charge in [-0.2, -0.15) is 0 Å². The molecule has 2 rings (SSSR count). The van der Waals surface area contributed by atoms with Gasteiger partial charge in [-0.25, -0.2) is 4.98 Å². The lowest BCUT2D eigenvalue weighted by Crippen LogP contribution is -2.29. The van der Waals surface area contributed by atoms with Gasteiger partial charge in [-0.1, -0.05) is 37.8 Å². The number of aromatic nitrogens is 1. The van der Waals surface area contributed by atoms with E-state index in [9.17, 15) is 0 Å². The second-order valence-corrected chi connectivity index (χ2v) is 5.72. The molecule has 0 unspecified atom stereocenters. The highest BCUT2D eigenvalue weighted by Gasteiger charge is 2.26. The van der Waals surface area contributed by atoms with Crippen LogP contribution >= 0.6 is 11.6 Å². The second kappa shape index (κ2) is 5.13. The fourth-order valence-corrected chi connectivity index (χ4v) is 2.71. The maximum atomic E-state index is 5.88. The molecule has 1 fully saturated rings. The van der Waals surface area contributed by atoms with E-state index in [0.717, 1.165) is 12.4 Å². The molecule has 0 spiro atoms. The first-order valence-electron chi connectivity index (χ1n) is 6.24. The lowest BCUT2D eigenvalue weighted by Gasteiger charge is -2.33. The van der Waals surface area contributed by atoms with Crippen LogP contribution in [0.5, 0.6) is 0 Å². The summed E-state index contributed by atoms with van der Waals surface area (Å²) in [7, 11) is 0. The lowest BCUT2D eigenvalue weighted by atomic mass is 9.76. The van der Waals surface area contributed by atoms with E-state index in [1.54, 1.807) is 6.07 Å². The van der Waals surface area contributed by atoms with E-state index in [0.29, 0.717) is 16.3 Å². The molecule has 0 aliphatic heterocycles. The molecule has 0 aromatic carbocycles. The van der Waals surface area contributed by atoms with Gasteiger partial charge in [0.1, 0.15) is 11.0 Å². The van der Waals surface area contributed by atoms with Crippen LogP contribution in [-0.2, 0) is 0 Å². The fraction of sp³-hybridized carbons (Fsp3) is 0.615. The van der Waals surface area contributed by atoms with Gasteiger partial charge in [-0.05, 0) is 24.3 Å². The second-order valence-electron chi connectivity index (χ2n) is 5.33. The zero-order chi connectivity index (χ0) is 12.3. The Morgan fingerprint density at radius 3 is 2.71 bits per heavy atom. The molecule has 0 amide bonds. The van der Waals surface area contributed by atoms with Crippen LogP contribution in [0.1, 0.15) is 39.0 Å². The van der Waals surface area contributed by atoms with Crippen LogP contribution in [-0.4, -0.2) is 11.5 Å². The SMILES string of the molecule is CC1(CNc2cc(N)cc(Cl)n2)CCCCC1. The maximum absolute atomic E-state index is 5.88. The van der Waals surface area contributed by atoms with E-state index in [1.165, 1.54) is 32.1 Å². The van der Waals surface area contributed by atoms with E-state index in [1.807, 2.05) is 6.07 Å². The monoisotopic (exact) mass is 253 g/mol. The van der Waals surface area contributed by atoms with Crippen LogP contribution < -0.4 is 11.1 Å². The Morgan fingerprint density at radius 2 is 2.06 bits per heavy atom. The minimum atomic E-state index is 0.386. The molecule has 1 aromatic heterocycles. The van der Waals surface area contributed by atoms with Crippen molar-refractivity contribution in [1.82, 2.24) is 4.98 Å². The molecule has 17 heavy (non-hydrogen) atoms. The van der Waals surface area contributed by atoms with E-state index in [2.05, 4.69) is 17.2 Å². The molecule has 4 heteroatoms. The lowest BCUT2D eigenvalue weighted by molar-refractivity contribution is 0.233. The summed E-state index contributed by atoms with van der Waals surface area (Å²) in [5.41, 5.74) is 6.78. The normalized spacial score (nSPS) is 18.9. The van der Waals surface area contributed by atoms with Gasteiger partial charge in [0.2, 0.25) is 0 Å². The first-order valence-corrected chi connectivity index (χ1v) is 6.62. The van der Waals surface area contributed by atoms with Gasteiger partial charge in [0.15, 0.2) is 0 Å². The van der Waals surface area contributed by atoms with Gasteiger partial charge < -0.3 is 11.1 Å². The number of pyridine rings is 1. The first-order chi connectivity index (χ1) is 8.07. The molecule has 3 N–H and O–H groups in total. The van der Waals surface area contributed by atoms with E-state index < -0.39 is 0 Å². The van der Waals surface area contributed by atoms with Gasteiger partial charge in [-0.3, -0.25) is 0 Å². The maximum Gasteiger partial charge on any atom is 0.133 e. The van der Waals surface area contributed by atoms with Crippen LogP contribution in [0.15, 0.2) is 12.1 Å². The third-order valence-corrected chi connectivity index (χ3v) is 3.77. The van der Waals surface area contributed by atoms with Crippen molar-refractivity contribution < 1.29 is 0 Å². The number of hydrogen-bond acceptors (Lipinski definition) is 3. The van der Waals surface area contributed by atoms with E-state index in [4.69, 9.17) is 17.3 Å². The summed E-state index contributed by atoms with van der Waals surface area (Å²) >= 11 is 5.88. The average molecular weight is 254 g/mol. The van der Waals surface area contributed by atoms with Crippen LogP contribution in [0.2, 0.25) is 5.15 Å². The number of nitrogens with two attached hydrogens (primary N) is 1. The zero-order valence-electron chi connectivity index (χ0n) is 10.3. The summed E-state index contributed by atoms with van der Waals surface area (Å²) in [4.78, 5) is 4.22.